The molecule has 516 valence electrons. The van der Waals surface area contributed by atoms with E-state index in [0.717, 1.165) is 0 Å². The van der Waals surface area contributed by atoms with Gasteiger partial charge >= 0.3 is 84.4 Å². The summed E-state index contributed by atoms with van der Waals surface area (Å²) >= 11 is 0. The zero-order valence-corrected chi connectivity index (χ0v) is 58.9. The number of alkyl halides is 18. The first-order chi connectivity index (χ1) is 43.1. The van der Waals surface area contributed by atoms with Crippen molar-refractivity contribution >= 4 is 116 Å². The average Bonchev–Trinajstić information content (AvgIpc) is 0.746. The van der Waals surface area contributed by atoms with Gasteiger partial charge in [0.05, 0.1) is 7.83 Å². The summed E-state index contributed by atoms with van der Waals surface area (Å²) in [5.74, 6) is 0. The van der Waals surface area contributed by atoms with E-state index in [1.807, 2.05) is 0 Å². The number of rotatable bonds is 14. The van der Waals surface area contributed by atoms with E-state index < -0.39 is 114 Å². The van der Waals surface area contributed by atoms with Crippen molar-refractivity contribution in [3.05, 3.63) is 250 Å². The first-order valence-electron chi connectivity index (χ1n) is 24.9. The van der Waals surface area contributed by atoms with Gasteiger partial charge in [-0.25, -0.2) is 0 Å². The van der Waals surface area contributed by atoms with Crippen LogP contribution in [0, 0.1) is 7.83 Å². The van der Waals surface area contributed by atoms with E-state index in [4.69, 9.17) is 0 Å². The summed E-state index contributed by atoms with van der Waals surface area (Å²) in [4.78, 5) is 0. The molecular formula is C56H40BrF18KO12P2S6. The van der Waals surface area contributed by atoms with E-state index in [1.54, 1.807) is 0 Å². The smallest absolute Gasteiger partial charge is 1.00 e. The molecule has 0 atom stereocenters. The molecule has 0 aliphatic heterocycles. The van der Waals surface area contributed by atoms with Crippen LogP contribution in [0.5, 0.6) is 0 Å². The molecule has 0 fully saturated rings. The van der Waals surface area contributed by atoms with Gasteiger partial charge in [-0.15, -0.1) is 0 Å². The van der Waals surface area contributed by atoms with Crippen molar-refractivity contribution in [1.82, 2.24) is 0 Å². The molecule has 0 bridgehead atoms. The molecule has 0 aliphatic carbocycles. The van der Waals surface area contributed by atoms with Crippen molar-refractivity contribution in [2.75, 3.05) is 0 Å². The maximum absolute atomic E-state index is 12.0. The second-order valence-electron chi connectivity index (χ2n) is 18.2. The molecule has 0 heterocycles. The monoisotopic (exact) mass is 1620 g/mol. The van der Waals surface area contributed by atoms with E-state index in [-0.39, 0.29) is 68.4 Å². The predicted octanol–water partition coefficient (Wildman–Crippen LogP) is 5.09. The minimum Gasteiger partial charge on any atom is -1.00 e. The third-order valence-corrected chi connectivity index (χ3v) is 35.1. The van der Waals surface area contributed by atoms with Crippen LogP contribution in [-0.4, -0.2) is 83.6 Å². The number of halogens is 19. The summed E-state index contributed by atoms with van der Waals surface area (Å²) in [7, 11) is -51.9. The van der Waals surface area contributed by atoms with Gasteiger partial charge in [-0.1, -0.05) is 146 Å². The van der Waals surface area contributed by atoms with Crippen LogP contribution in [0.2, 0.25) is 0 Å². The fourth-order valence-electron chi connectivity index (χ4n) is 8.44. The van der Waals surface area contributed by atoms with Crippen LogP contribution in [-0.2, 0) is 59.0 Å². The molecule has 0 radical (unpaired) electrons. The second kappa shape index (κ2) is 32.2. The molecule has 40 heteroatoms. The van der Waals surface area contributed by atoms with Crippen LogP contribution in [0.3, 0.4) is 0 Å². The SMILES string of the molecule is O=S(=O)([C-](S(=O)(=O)C(F)(F)F)S(=O)(=O)C(F)(F)F)C(F)(F)F.O=S(=O)([C-](S(=O)(=O)C(F)(F)F)S(=O)(=O)C(F)(F)F)C(F)(F)F.[Br-].[K+].c1ccc([P+](c2ccccc2)(c2ccccc2)c2ccccc2)cc1.c1ccc([P+](c2ccccc2)(c2ccccc2)c2ccccc2)cc1. The Hall–Kier alpha value is -4.82. The molecule has 0 spiro atoms. The Labute approximate surface area is 591 Å². The van der Waals surface area contributed by atoms with Gasteiger partial charge in [0.1, 0.15) is 57.0 Å². The van der Waals surface area contributed by atoms with E-state index in [1.165, 1.54) is 42.4 Å². The number of hydrogen-bond donors (Lipinski definition) is 0. The Morgan fingerprint density at radius 2 is 0.281 bits per heavy atom. The number of benzene rings is 8. The normalized spacial score (nSPS) is 13.2. The number of sulfone groups is 6. The Morgan fingerprint density at radius 3 is 0.354 bits per heavy atom. The Balaban J connectivity index is 0.000000332. The van der Waals surface area contributed by atoms with Gasteiger partial charge in [0, 0.05) is 0 Å². The molecule has 0 aliphatic rings. The molecule has 96 heavy (non-hydrogen) atoms. The maximum atomic E-state index is 12.0. The van der Waals surface area contributed by atoms with Crippen LogP contribution in [0.4, 0.5) is 79.0 Å². The van der Waals surface area contributed by atoms with Gasteiger partial charge in [-0.2, -0.15) is 79.0 Å². The first kappa shape index (κ1) is 85.4. The second-order valence-corrected chi connectivity index (χ2v) is 37.9. The molecule has 0 saturated carbocycles. The standard InChI is InChI=1S/2C24H20P.2C4F9O6S3.BrH.K/c2*1-5-13-21(14-6-1)25(22-15-7-2-8-16-22,23-17-9-3-10-18-23)24-19-11-4-12-20-24;2*5-2(6,7)20(14,15)1(21(16,17)3(8,9)10)22(18,19)4(11,12)13;;/h2*1-20H;;;1H;/q2*+1;2*-1;;+1/p-1. The Kier molecular flexibility index (Phi) is 28.7. The molecule has 0 aromatic heterocycles. The summed E-state index contributed by atoms with van der Waals surface area (Å²) in [5, 5.41) is 11.1. The summed E-state index contributed by atoms with van der Waals surface area (Å²) < 4.78 is 335. The van der Waals surface area contributed by atoms with Crippen molar-refractivity contribution < 1.29 is 198 Å². The minimum absolute atomic E-state index is 0. The summed E-state index contributed by atoms with van der Waals surface area (Å²) in [6.45, 7) is 0. The minimum atomic E-state index is -8.02. The van der Waals surface area contributed by atoms with Crippen LogP contribution in [0.1, 0.15) is 0 Å². The molecule has 0 amide bonds. The Bertz CT molecular complexity index is 3720. The van der Waals surface area contributed by atoms with Crippen molar-refractivity contribution in [3.8, 4) is 0 Å². The molecule has 8 aromatic rings. The van der Waals surface area contributed by atoms with Crippen molar-refractivity contribution in [1.29, 1.82) is 0 Å². The van der Waals surface area contributed by atoms with Gasteiger partial charge in [0.25, 0.3) is 0 Å². The molecule has 8 aromatic carbocycles. The van der Waals surface area contributed by atoms with Crippen molar-refractivity contribution in [2.24, 2.45) is 0 Å². The summed E-state index contributed by atoms with van der Waals surface area (Å²) in [5.41, 5.74) is -42.3. The van der Waals surface area contributed by atoms with Gasteiger partial charge in [-0.05, 0) is 97.1 Å². The molecule has 8 rings (SSSR count). The third-order valence-electron chi connectivity index (χ3n) is 12.3. The van der Waals surface area contributed by atoms with Gasteiger partial charge < -0.3 is 17.0 Å². The molecule has 0 unspecified atom stereocenters. The van der Waals surface area contributed by atoms with Crippen LogP contribution in [0.15, 0.2) is 243 Å². The van der Waals surface area contributed by atoms with E-state index in [0.29, 0.717) is 0 Å². The largest absolute Gasteiger partial charge is 1.00 e. The van der Waals surface area contributed by atoms with Crippen LogP contribution in [0.25, 0.3) is 0 Å². The number of hydrogen-bond acceptors (Lipinski definition) is 12. The van der Waals surface area contributed by atoms with Gasteiger partial charge in [-0.3, -0.25) is 50.5 Å². The topological polar surface area (TPSA) is 205 Å². The van der Waals surface area contributed by atoms with Crippen molar-refractivity contribution in [3.63, 3.8) is 0 Å². The quantitative estimate of drug-likeness (QED) is 0.0605. The summed E-state index contributed by atoms with van der Waals surface area (Å²) in [6, 6.07) is 87.7. The van der Waals surface area contributed by atoms with Crippen molar-refractivity contribution in [2.45, 2.75) is 33.0 Å². The summed E-state index contributed by atoms with van der Waals surface area (Å²) in [6.07, 6.45) is 0. The van der Waals surface area contributed by atoms with E-state index in [2.05, 4.69) is 243 Å². The first-order valence-corrected chi connectivity index (χ1v) is 37.4. The van der Waals surface area contributed by atoms with Gasteiger partial charge in [0.2, 0.25) is 0 Å². The van der Waals surface area contributed by atoms with Crippen LogP contribution < -0.4 is 111 Å². The maximum Gasteiger partial charge on any atom is 1.00 e. The fourth-order valence-corrected chi connectivity index (χ4v) is 28.4. The predicted molar refractivity (Wildman–Crippen MR) is 319 cm³/mol. The molecule has 12 nitrogen and oxygen atoms in total. The molecule has 0 N–H and O–H groups in total. The zero-order chi connectivity index (χ0) is 71.1. The third kappa shape index (κ3) is 17.8. The van der Waals surface area contributed by atoms with Crippen LogP contribution >= 0.6 is 14.5 Å². The van der Waals surface area contributed by atoms with E-state index >= 15 is 0 Å². The molecular weight excluding hydrogens is 1580 g/mol. The zero-order valence-electron chi connectivity index (χ0n) is 47.5. The van der Waals surface area contributed by atoms with Gasteiger partial charge in [0.15, 0.2) is 59.0 Å². The van der Waals surface area contributed by atoms with E-state index in [9.17, 15) is 130 Å². The molecule has 0 saturated heterocycles. The average molecular weight is 1620 g/mol. The Morgan fingerprint density at radius 1 is 0.198 bits per heavy atom. The fraction of sp³-hybridized carbons (Fsp3) is 0.107.